The van der Waals surface area contributed by atoms with Gasteiger partial charge in [0.2, 0.25) is 5.91 Å². The molecule has 0 aliphatic carbocycles. The predicted octanol–water partition coefficient (Wildman–Crippen LogP) is 3.25. The number of anilines is 1. The number of esters is 1. The fourth-order valence-electron chi connectivity index (χ4n) is 3.51. The summed E-state index contributed by atoms with van der Waals surface area (Å²) in [5.41, 5.74) is 0.987. The van der Waals surface area contributed by atoms with Gasteiger partial charge in [0.15, 0.2) is 11.5 Å². The molecule has 0 fully saturated rings. The van der Waals surface area contributed by atoms with Gasteiger partial charge in [0.1, 0.15) is 0 Å². The first kappa shape index (κ1) is 23.8. The van der Waals surface area contributed by atoms with Crippen molar-refractivity contribution in [1.29, 1.82) is 0 Å². The second-order valence-electron chi connectivity index (χ2n) is 6.88. The molecule has 3 rings (SSSR count). The van der Waals surface area contributed by atoms with E-state index in [2.05, 4.69) is 10.1 Å². The number of rotatable bonds is 9. The van der Waals surface area contributed by atoms with Crippen LogP contribution < -0.4 is 20.5 Å². The third kappa shape index (κ3) is 4.97. The number of nitrogens with one attached hydrogen (secondary N) is 1. The van der Waals surface area contributed by atoms with E-state index in [0.29, 0.717) is 12.1 Å². The number of hydrogen-bond acceptors (Lipinski definition) is 6. The predicted molar refractivity (Wildman–Crippen MR) is 116 cm³/mol. The van der Waals surface area contributed by atoms with Crippen LogP contribution in [0.4, 0.5) is 14.5 Å². The van der Waals surface area contributed by atoms with Crippen LogP contribution in [-0.4, -0.2) is 41.8 Å². The van der Waals surface area contributed by atoms with Crippen molar-refractivity contribution in [3.8, 4) is 11.5 Å². The molecule has 1 aromatic heterocycles. The number of alkyl halides is 2. The summed E-state index contributed by atoms with van der Waals surface area (Å²) in [7, 11) is 2.36. The standard InChI is InChI=1S/C22H23F2N3O6/c1-4-26-15-7-5-6-8-16(15)27(22(26)30)10-9-19(28)25-14-12-18(33-21(23)24)17(31-2)11-13(14)20(29)32-3/h5-8,11-12,21H,4,9-10H2,1-3H3,(H,25,28). The van der Waals surface area contributed by atoms with E-state index in [0.717, 1.165) is 24.8 Å². The molecule has 0 spiro atoms. The highest BCUT2D eigenvalue weighted by Gasteiger charge is 2.21. The molecule has 2 aromatic carbocycles. The van der Waals surface area contributed by atoms with Gasteiger partial charge in [-0.15, -0.1) is 0 Å². The van der Waals surface area contributed by atoms with Gasteiger partial charge in [0.25, 0.3) is 0 Å². The van der Waals surface area contributed by atoms with E-state index in [4.69, 9.17) is 9.47 Å². The monoisotopic (exact) mass is 463 g/mol. The quantitative estimate of drug-likeness (QED) is 0.489. The van der Waals surface area contributed by atoms with Crippen LogP contribution in [0, 0.1) is 0 Å². The van der Waals surface area contributed by atoms with Crippen molar-refractivity contribution in [2.45, 2.75) is 33.0 Å². The van der Waals surface area contributed by atoms with Crippen LogP contribution in [-0.2, 0) is 22.6 Å². The lowest BCUT2D eigenvalue weighted by Gasteiger charge is -2.15. The molecular formula is C22H23F2N3O6. The number of carbonyl (C=O) groups excluding carboxylic acids is 2. The molecule has 0 radical (unpaired) electrons. The molecule has 3 aromatic rings. The molecule has 0 bridgehead atoms. The lowest BCUT2D eigenvalue weighted by Crippen LogP contribution is -2.26. The van der Waals surface area contributed by atoms with Crippen LogP contribution in [0.5, 0.6) is 11.5 Å². The maximum Gasteiger partial charge on any atom is 0.387 e. The molecule has 0 unspecified atom stereocenters. The summed E-state index contributed by atoms with van der Waals surface area (Å²) in [6.45, 7) is -0.751. The Morgan fingerprint density at radius 2 is 1.73 bits per heavy atom. The van der Waals surface area contributed by atoms with E-state index in [1.165, 1.54) is 11.7 Å². The van der Waals surface area contributed by atoms with Crippen LogP contribution >= 0.6 is 0 Å². The molecule has 0 saturated carbocycles. The van der Waals surface area contributed by atoms with Gasteiger partial charge in [-0.3, -0.25) is 13.9 Å². The number of aromatic nitrogens is 2. The number of fused-ring (bicyclic) bond motifs is 1. The number of amides is 1. The van der Waals surface area contributed by atoms with Crippen molar-refractivity contribution >= 4 is 28.6 Å². The molecule has 176 valence electrons. The molecule has 0 aliphatic rings. The summed E-state index contributed by atoms with van der Waals surface area (Å²) in [5, 5.41) is 2.51. The SMILES string of the molecule is CCn1c(=O)n(CCC(=O)Nc2cc(OC(F)F)c(OC)cc2C(=O)OC)c2ccccc21. The van der Waals surface area contributed by atoms with E-state index in [1.807, 2.05) is 19.1 Å². The van der Waals surface area contributed by atoms with Crippen molar-refractivity contribution in [1.82, 2.24) is 9.13 Å². The van der Waals surface area contributed by atoms with Gasteiger partial charge in [-0.1, -0.05) is 12.1 Å². The van der Waals surface area contributed by atoms with Crippen molar-refractivity contribution < 1.29 is 32.6 Å². The van der Waals surface area contributed by atoms with Crippen molar-refractivity contribution in [3.05, 3.63) is 52.4 Å². The van der Waals surface area contributed by atoms with Gasteiger partial charge in [0, 0.05) is 31.6 Å². The molecule has 0 saturated heterocycles. The lowest BCUT2D eigenvalue weighted by atomic mass is 10.1. The van der Waals surface area contributed by atoms with Gasteiger partial charge in [0.05, 0.1) is 36.5 Å². The average Bonchev–Trinajstić information content (AvgIpc) is 3.07. The van der Waals surface area contributed by atoms with Crippen LogP contribution in [0.15, 0.2) is 41.2 Å². The number of imidazole rings is 1. The third-order valence-corrected chi connectivity index (χ3v) is 5.00. The van der Waals surface area contributed by atoms with Crippen LogP contribution in [0.2, 0.25) is 0 Å². The first-order chi connectivity index (χ1) is 15.8. The van der Waals surface area contributed by atoms with Crippen LogP contribution in [0.3, 0.4) is 0 Å². The molecule has 1 heterocycles. The smallest absolute Gasteiger partial charge is 0.387 e. The summed E-state index contributed by atoms with van der Waals surface area (Å²) < 4.78 is 42.7. The zero-order valence-electron chi connectivity index (χ0n) is 18.3. The van der Waals surface area contributed by atoms with E-state index in [-0.39, 0.29) is 41.4 Å². The number of halogens is 2. The summed E-state index contributed by atoms with van der Waals surface area (Å²) in [4.78, 5) is 37.5. The van der Waals surface area contributed by atoms with E-state index in [9.17, 15) is 23.2 Å². The number of ether oxygens (including phenoxy) is 3. The fraction of sp³-hybridized carbons (Fsp3) is 0.318. The summed E-state index contributed by atoms with van der Waals surface area (Å²) in [6.07, 6.45) is -0.116. The Labute approximate surface area is 187 Å². The second-order valence-corrected chi connectivity index (χ2v) is 6.88. The Morgan fingerprint density at radius 1 is 1.06 bits per heavy atom. The van der Waals surface area contributed by atoms with Gasteiger partial charge in [-0.05, 0) is 19.1 Å². The molecule has 0 aliphatic heterocycles. The normalized spacial score (nSPS) is 11.0. The zero-order valence-corrected chi connectivity index (χ0v) is 18.3. The minimum atomic E-state index is -3.14. The Hall–Kier alpha value is -3.89. The maximum absolute atomic E-state index is 12.8. The minimum absolute atomic E-state index is 0.0717. The number of carbonyl (C=O) groups is 2. The zero-order chi connectivity index (χ0) is 24.1. The van der Waals surface area contributed by atoms with E-state index in [1.54, 1.807) is 16.7 Å². The van der Waals surface area contributed by atoms with Gasteiger partial charge in [-0.2, -0.15) is 8.78 Å². The van der Waals surface area contributed by atoms with Crippen LogP contribution in [0.1, 0.15) is 23.7 Å². The fourth-order valence-corrected chi connectivity index (χ4v) is 3.51. The maximum atomic E-state index is 12.8. The number of hydrogen-bond donors (Lipinski definition) is 1. The Kier molecular flexibility index (Phi) is 7.31. The van der Waals surface area contributed by atoms with Crippen molar-refractivity contribution in [3.63, 3.8) is 0 Å². The molecule has 11 heteroatoms. The molecule has 1 amide bonds. The highest BCUT2D eigenvalue weighted by Crippen LogP contribution is 2.35. The van der Waals surface area contributed by atoms with Crippen molar-refractivity contribution in [2.24, 2.45) is 0 Å². The first-order valence-corrected chi connectivity index (χ1v) is 10.0. The highest BCUT2D eigenvalue weighted by molar-refractivity contribution is 6.02. The summed E-state index contributed by atoms with van der Waals surface area (Å²) in [6, 6.07) is 9.42. The molecular weight excluding hydrogens is 440 g/mol. The van der Waals surface area contributed by atoms with E-state index >= 15 is 0 Å². The molecule has 0 atom stereocenters. The Balaban J connectivity index is 1.87. The Morgan fingerprint density at radius 3 is 2.30 bits per heavy atom. The molecule has 9 nitrogen and oxygen atoms in total. The number of aryl methyl sites for hydroxylation is 2. The summed E-state index contributed by atoms with van der Waals surface area (Å²) >= 11 is 0. The minimum Gasteiger partial charge on any atom is -0.493 e. The first-order valence-electron chi connectivity index (χ1n) is 10.0. The second kappa shape index (κ2) is 10.2. The number of methoxy groups -OCH3 is 2. The highest BCUT2D eigenvalue weighted by atomic mass is 19.3. The molecule has 1 N–H and O–H groups in total. The topological polar surface area (TPSA) is 101 Å². The van der Waals surface area contributed by atoms with Crippen molar-refractivity contribution in [2.75, 3.05) is 19.5 Å². The molecule has 33 heavy (non-hydrogen) atoms. The number of benzene rings is 2. The summed E-state index contributed by atoms with van der Waals surface area (Å²) in [5.74, 6) is -1.85. The lowest BCUT2D eigenvalue weighted by molar-refractivity contribution is -0.116. The van der Waals surface area contributed by atoms with Gasteiger partial charge < -0.3 is 19.5 Å². The van der Waals surface area contributed by atoms with Gasteiger partial charge >= 0.3 is 18.3 Å². The van der Waals surface area contributed by atoms with Gasteiger partial charge in [-0.25, -0.2) is 9.59 Å². The van der Waals surface area contributed by atoms with Crippen LogP contribution in [0.25, 0.3) is 11.0 Å². The largest absolute Gasteiger partial charge is 0.493 e. The Bertz CT molecular complexity index is 1230. The number of nitrogens with zero attached hydrogens (tertiary/aromatic N) is 2. The average molecular weight is 463 g/mol. The number of para-hydroxylation sites is 2. The third-order valence-electron chi connectivity index (χ3n) is 5.00. The van der Waals surface area contributed by atoms with E-state index < -0.39 is 18.5 Å².